The molecule has 2 N–H and O–H groups in total. The fourth-order valence-electron chi connectivity index (χ4n) is 4.42. The number of alkyl halides is 5. The van der Waals surface area contributed by atoms with E-state index in [9.17, 15) is 31.9 Å². The van der Waals surface area contributed by atoms with Crippen LogP contribution in [0.2, 0.25) is 0 Å². The smallest absolute Gasteiger partial charge is 0.459 e. The summed E-state index contributed by atoms with van der Waals surface area (Å²) in [4.78, 5) is 24.7. The first-order chi connectivity index (χ1) is 18.5. The van der Waals surface area contributed by atoms with Crippen molar-refractivity contribution in [2.45, 2.75) is 76.7 Å². The topological polar surface area (TPSA) is 97.2 Å². The standard InChI is InChI=1S/C27H29F5N4O3S/c1-15-11-17(13-18(12-15)35-23-33-10-7-20(36-23)26(28,29)27(30,31)32)19-14-34-22(40-19)25(38)8-5-16(6-9-25)21(37)39-24(2,3)4/h7,10-14,16,38H,5-6,8-9H2,1-4H3,(H,33,35,36)/t16-,25-. The lowest BCUT2D eigenvalue weighted by Crippen LogP contribution is -2.36. The van der Waals surface area contributed by atoms with Gasteiger partial charge in [-0.05, 0) is 82.7 Å². The van der Waals surface area contributed by atoms with Gasteiger partial charge < -0.3 is 15.2 Å². The number of nitrogens with one attached hydrogen (secondary N) is 1. The SMILES string of the molecule is Cc1cc(Nc2nccc(C(F)(F)C(F)(F)F)n2)cc(-c2cnc([C@]3(O)CC[C@H](C(=O)OC(C)(C)C)CC3)s2)c1. The van der Waals surface area contributed by atoms with Crippen molar-refractivity contribution in [3.8, 4) is 10.4 Å². The van der Waals surface area contributed by atoms with E-state index in [4.69, 9.17) is 4.74 Å². The van der Waals surface area contributed by atoms with Gasteiger partial charge in [0.15, 0.2) is 0 Å². The van der Waals surface area contributed by atoms with Gasteiger partial charge in [-0.15, -0.1) is 11.3 Å². The third-order valence-electron chi connectivity index (χ3n) is 6.41. The summed E-state index contributed by atoms with van der Waals surface area (Å²) in [6, 6.07) is 5.69. The van der Waals surface area contributed by atoms with E-state index in [1.807, 2.05) is 26.8 Å². The van der Waals surface area contributed by atoms with Crippen molar-refractivity contribution < 1.29 is 36.6 Å². The Labute approximate surface area is 231 Å². The van der Waals surface area contributed by atoms with E-state index in [1.165, 1.54) is 11.3 Å². The Balaban J connectivity index is 1.50. The highest BCUT2D eigenvalue weighted by molar-refractivity contribution is 7.15. The van der Waals surface area contributed by atoms with E-state index in [-0.39, 0.29) is 11.9 Å². The number of halogens is 5. The maximum Gasteiger partial charge on any atom is 0.459 e. The predicted molar refractivity (Wildman–Crippen MR) is 139 cm³/mol. The summed E-state index contributed by atoms with van der Waals surface area (Å²) in [5, 5.41) is 14.5. The summed E-state index contributed by atoms with van der Waals surface area (Å²) in [5.41, 5.74) is -1.41. The molecule has 0 radical (unpaired) electrons. The molecule has 0 amide bonds. The molecule has 2 heterocycles. The van der Waals surface area contributed by atoms with Crippen LogP contribution in [0.4, 0.5) is 33.6 Å². The lowest BCUT2D eigenvalue weighted by molar-refractivity contribution is -0.290. The number of benzene rings is 1. The van der Waals surface area contributed by atoms with E-state index >= 15 is 0 Å². The van der Waals surface area contributed by atoms with Crippen LogP contribution in [0, 0.1) is 12.8 Å². The molecule has 2 aromatic heterocycles. The maximum atomic E-state index is 13.8. The third kappa shape index (κ3) is 6.57. The Bertz CT molecular complexity index is 1380. The number of hydrogen-bond acceptors (Lipinski definition) is 8. The molecule has 0 spiro atoms. The van der Waals surface area contributed by atoms with Crippen LogP contribution in [0.25, 0.3) is 10.4 Å². The van der Waals surface area contributed by atoms with Gasteiger partial charge in [0, 0.05) is 18.1 Å². The number of rotatable bonds is 6. The highest BCUT2D eigenvalue weighted by atomic mass is 32.1. The number of carbonyl (C=O) groups is 1. The van der Waals surface area contributed by atoms with Gasteiger partial charge in [0.05, 0.1) is 10.8 Å². The van der Waals surface area contributed by atoms with Gasteiger partial charge in [-0.3, -0.25) is 4.79 Å². The fraction of sp³-hybridized carbons (Fsp3) is 0.481. The summed E-state index contributed by atoms with van der Waals surface area (Å²) in [5.74, 6) is -6.11. The summed E-state index contributed by atoms with van der Waals surface area (Å²) in [6.45, 7) is 7.22. The molecule has 13 heteroatoms. The number of hydrogen-bond donors (Lipinski definition) is 2. The minimum Gasteiger partial charge on any atom is -0.460 e. The van der Waals surface area contributed by atoms with E-state index in [0.29, 0.717) is 52.9 Å². The number of aromatic nitrogens is 3. The van der Waals surface area contributed by atoms with Gasteiger partial charge in [-0.1, -0.05) is 6.07 Å². The van der Waals surface area contributed by atoms with Crippen LogP contribution < -0.4 is 5.32 Å². The molecule has 1 aliphatic rings. The second-order valence-corrected chi connectivity index (χ2v) is 11.9. The van der Waals surface area contributed by atoms with Gasteiger partial charge in [0.25, 0.3) is 0 Å². The van der Waals surface area contributed by atoms with E-state index < -0.39 is 34.9 Å². The minimum atomic E-state index is -5.79. The first kappa shape index (κ1) is 29.8. The molecule has 1 aromatic carbocycles. The van der Waals surface area contributed by atoms with Gasteiger partial charge in [-0.2, -0.15) is 22.0 Å². The monoisotopic (exact) mass is 584 g/mol. The number of aliphatic hydroxyl groups is 1. The number of aryl methyl sites for hydroxylation is 1. The summed E-state index contributed by atoms with van der Waals surface area (Å²) in [6.07, 6.45) is -1.73. The zero-order valence-corrected chi connectivity index (χ0v) is 23.1. The Morgan fingerprint density at radius 3 is 2.40 bits per heavy atom. The second kappa shape index (κ2) is 10.7. The number of esters is 1. The van der Waals surface area contributed by atoms with Crippen LogP contribution in [-0.4, -0.2) is 37.8 Å². The third-order valence-corrected chi connectivity index (χ3v) is 7.65. The minimum absolute atomic E-state index is 0.272. The number of thiazole rings is 1. The van der Waals surface area contributed by atoms with E-state index in [0.717, 1.165) is 11.8 Å². The Morgan fingerprint density at radius 2 is 1.77 bits per heavy atom. The van der Waals surface area contributed by atoms with E-state index in [2.05, 4.69) is 20.3 Å². The van der Waals surface area contributed by atoms with Crippen LogP contribution in [0.15, 0.2) is 36.7 Å². The van der Waals surface area contributed by atoms with Gasteiger partial charge in [-0.25, -0.2) is 15.0 Å². The predicted octanol–water partition coefficient (Wildman–Crippen LogP) is 7.03. The molecule has 0 atom stereocenters. The number of nitrogens with zero attached hydrogens (tertiary/aromatic N) is 3. The molecule has 1 saturated carbocycles. The zero-order valence-electron chi connectivity index (χ0n) is 22.3. The average Bonchev–Trinajstić information content (AvgIpc) is 3.34. The molecule has 0 saturated heterocycles. The van der Waals surface area contributed by atoms with Crippen molar-refractivity contribution in [3.63, 3.8) is 0 Å². The molecule has 40 heavy (non-hydrogen) atoms. The van der Waals surface area contributed by atoms with Crippen LogP contribution >= 0.6 is 11.3 Å². The normalized spacial score (nSPS) is 20.3. The molecular formula is C27H29F5N4O3S. The van der Waals surface area contributed by atoms with Gasteiger partial charge >= 0.3 is 18.1 Å². The summed E-state index contributed by atoms with van der Waals surface area (Å²) < 4.78 is 71.3. The summed E-state index contributed by atoms with van der Waals surface area (Å²) in [7, 11) is 0. The molecule has 1 aliphatic carbocycles. The Morgan fingerprint density at radius 1 is 1.10 bits per heavy atom. The molecule has 1 fully saturated rings. The molecule has 4 rings (SSSR count). The first-order valence-corrected chi connectivity index (χ1v) is 13.4. The molecule has 0 unspecified atom stereocenters. The number of carbonyl (C=O) groups excluding carboxylic acids is 1. The Kier molecular flexibility index (Phi) is 7.94. The Hall–Kier alpha value is -3.19. The molecule has 0 aliphatic heterocycles. The largest absolute Gasteiger partial charge is 0.460 e. The van der Waals surface area contributed by atoms with Crippen molar-refractivity contribution in [3.05, 3.63) is 52.9 Å². The van der Waals surface area contributed by atoms with Crippen LogP contribution in [0.3, 0.4) is 0 Å². The summed E-state index contributed by atoms with van der Waals surface area (Å²) >= 11 is 1.28. The average molecular weight is 585 g/mol. The molecule has 7 nitrogen and oxygen atoms in total. The number of ether oxygens (including phenoxy) is 1. The van der Waals surface area contributed by atoms with Crippen molar-refractivity contribution in [1.29, 1.82) is 0 Å². The van der Waals surface area contributed by atoms with Gasteiger partial charge in [0.2, 0.25) is 5.95 Å². The lowest BCUT2D eigenvalue weighted by atomic mass is 9.79. The quantitative estimate of drug-likeness (QED) is 0.237. The highest BCUT2D eigenvalue weighted by Crippen LogP contribution is 2.44. The molecule has 3 aromatic rings. The van der Waals surface area contributed by atoms with E-state index in [1.54, 1.807) is 25.3 Å². The fourth-order valence-corrected chi connectivity index (χ4v) is 5.47. The molecule has 216 valence electrons. The van der Waals surface area contributed by atoms with Gasteiger partial charge in [0.1, 0.15) is 21.9 Å². The zero-order chi connectivity index (χ0) is 29.5. The molecular weight excluding hydrogens is 555 g/mol. The van der Waals surface area contributed by atoms with Crippen molar-refractivity contribution in [2.75, 3.05) is 5.32 Å². The van der Waals surface area contributed by atoms with Crippen LogP contribution in [-0.2, 0) is 21.1 Å². The second-order valence-electron chi connectivity index (χ2n) is 10.9. The highest BCUT2D eigenvalue weighted by Gasteiger charge is 2.60. The van der Waals surface area contributed by atoms with Crippen molar-refractivity contribution >= 4 is 28.9 Å². The lowest BCUT2D eigenvalue weighted by Gasteiger charge is -2.34. The van der Waals surface area contributed by atoms with Crippen molar-refractivity contribution in [1.82, 2.24) is 15.0 Å². The van der Waals surface area contributed by atoms with Crippen LogP contribution in [0.1, 0.15) is 62.7 Å². The first-order valence-electron chi connectivity index (χ1n) is 12.6. The maximum absolute atomic E-state index is 13.8. The number of anilines is 2. The molecule has 0 bridgehead atoms. The van der Waals surface area contributed by atoms with Crippen LogP contribution in [0.5, 0.6) is 0 Å². The van der Waals surface area contributed by atoms with Crippen molar-refractivity contribution in [2.24, 2.45) is 5.92 Å².